The van der Waals surface area contributed by atoms with Crippen molar-refractivity contribution in [1.29, 1.82) is 0 Å². The summed E-state index contributed by atoms with van der Waals surface area (Å²) in [4.78, 5) is -0.304. The molecule has 0 fully saturated rings. The van der Waals surface area contributed by atoms with Gasteiger partial charge in [0.15, 0.2) is 0 Å². The Labute approximate surface area is 210 Å². The quantitative estimate of drug-likeness (QED) is 0.335. The molecule has 0 heterocycles. The van der Waals surface area contributed by atoms with Gasteiger partial charge in [0.05, 0.1) is 0 Å². The molecule has 5 nitrogen and oxygen atoms in total. The van der Waals surface area contributed by atoms with E-state index in [-0.39, 0.29) is 73.5 Å². The average molecular weight is 431 g/mol. The molecule has 2 aromatic rings. The largest absolute Gasteiger partial charge is 1.00 e. The third-order valence-corrected chi connectivity index (χ3v) is 5.28. The number of ether oxygens (including phenoxy) is 1. The van der Waals surface area contributed by atoms with Crippen molar-refractivity contribution in [2.75, 3.05) is 0 Å². The maximum atomic E-state index is 11.6. The van der Waals surface area contributed by atoms with Crippen molar-refractivity contribution in [1.82, 2.24) is 0 Å². The zero-order chi connectivity index (χ0) is 19.7. The summed E-state index contributed by atoms with van der Waals surface area (Å²) in [7, 11) is -4.42. The first-order chi connectivity index (χ1) is 12.9. The third kappa shape index (κ3) is 8.94. The molecule has 0 bridgehead atoms. The van der Waals surface area contributed by atoms with Crippen molar-refractivity contribution < 1.29 is 74.2 Å². The van der Waals surface area contributed by atoms with Crippen LogP contribution < -0.4 is 61.2 Å². The number of benzene rings is 2. The van der Waals surface area contributed by atoms with Gasteiger partial charge in [-0.05, 0) is 42.7 Å². The molecular formula is C21H27KO5S. The molecule has 0 aliphatic heterocycles. The Bertz CT molecular complexity index is 836. The first kappa shape index (κ1) is 25.6. The molecule has 0 aromatic heterocycles. The van der Waals surface area contributed by atoms with Crippen molar-refractivity contribution >= 4 is 10.1 Å². The van der Waals surface area contributed by atoms with Gasteiger partial charge in [-0.3, -0.25) is 4.55 Å². The van der Waals surface area contributed by atoms with Crippen molar-refractivity contribution in [3.8, 4) is 17.2 Å². The van der Waals surface area contributed by atoms with Crippen molar-refractivity contribution in [3.63, 3.8) is 0 Å². The number of hydrogen-bond acceptors (Lipinski definition) is 4. The predicted molar refractivity (Wildman–Crippen MR) is 104 cm³/mol. The second-order valence-corrected chi connectivity index (χ2v) is 8.09. The fraction of sp³-hybridized carbons (Fsp3) is 0.429. The predicted octanol–water partition coefficient (Wildman–Crippen LogP) is 2.10. The van der Waals surface area contributed by atoms with Gasteiger partial charge < -0.3 is 9.84 Å². The van der Waals surface area contributed by atoms with Crippen LogP contribution in [0.25, 0.3) is 0 Å². The number of aryl methyl sites for hydroxylation is 1. The van der Waals surface area contributed by atoms with Gasteiger partial charge >= 0.3 is 51.4 Å². The first-order valence-corrected chi connectivity index (χ1v) is 10.9. The van der Waals surface area contributed by atoms with E-state index in [1.165, 1.54) is 56.4 Å². The van der Waals surface area contributed by atoms with Gasteiger partial charge in [-0.1, -0.05) is 63.6 Å². The summed E-state index contributed by atoms with van der Waals surface area (Å²) >= 11 is 0. The molecule has 0 unspecified atom stereocenters. The fourth-order valence-electron chi connectivity index (χ4n) is 2.95. The van der Waals surface area contributed by atoms with E-state index < -0.39 is 10.1 Å². The normalized spacial score (nSPS) is 11.1. The molecule has 0 amide bonds. The molecule has 0 saturated heterocycles. The minimum atomic E-state index is -4.42. The maximum absolute atomic E-state index is 11.6. The van der Waals surface area contributed by atoms with E-state index in [0.29, 0.717) is 0 Å². The molecule has 0 spiro atoms. The van der Waals surface area contributed by atoms with Crippen LogP contribution in [0, 0.1) is 0 Å². The monoisotopic (exact) mass is 430 g/mol. The summed E-state index contributed by atoms with van der Waals surface area (Å²) in [5.41, 5.74) is 0.934. The molecule has 2 aromatic carbocycles. The Balaban J connectivity index is 0.00000392. The van der Waals surface area contributed by atoms with Gasteiger partial charge in [0.2, 0.25) is 0 Å². The van der Waals surface area contributed by atoms with E-state index in [4.69, 9.17) is 4.74 Å². The molecule has 0 saturated carbocycles. The molecular weight excluding hydrogens is 403 g/mol. The second-order valence-electron chi connectivity index (χ2n) is 6.70. The number of rotatable bonds is 11. The van der Waals surface area contributed by atoms with E-state index in [9.17, 15) is 18.1 Å². The van der Waals surface area contributed by atoms with Gasteiger partial charge in [-0.25, -0.2) is 0 Å². The minimum absolute atomic E-state index is 0. The van der Waals surface area contributed by atoms with Crippen molar-refractivity contribution in [3.05, 3.63) is 48.0 Å². The number of unbranched alkanes of at least 4 members (excludes halogenated alkanes) is 6. The van der Waals surface area contributed by atoms with Gasteiger partial charge in [-0.15, -0.1) is 5.75 Å². The molecule has 0 atom stereocenters. The minimum Gasteiger partial charge on any atom is -0.872 e. The Morgan fingerprint density at radius 3 is 2.29 bits per heavy atom. The summed E-state index contributed by atoms with van der Waals surface area (Å²) in [6.07, 6.45) is 9.16. The van der Waals surface area contributed by atoms with Crippen molar-refractivity contribution in [2.45, 2.75) is 63.2 Å². The molecule has 2 rings (SSSR count). The van der Waals surface area contributed by atoms with E-state index in [1.807, 2.05) is 0 Å². The van der Waals surface area contributed by atoms with Crippen LogP contribution in [0.3, 0.4) is 0 Å². The molecule has 0 aliphatic carbocycles. The van der Waals surface area contributed by atoms with E-state index in [0.717, 1.165) is 24.8 Å². The van der Waals surface area contributed by atoms with Crippen molar-refractivity contribution in [2.24, 2.45) is 0 Å². The Kier molecular flexibility index (Phi) is 11.9. The van der Waals surface area contributed by atoms with Crippen LogP contribution >= 0.6 is 0 Å². The summed E-state index contributed by atoms with van der Waals surface area (Å²) in [5.74, 6) is 0.0316. The topological polar surface area (TPSA) is 86.7 Å². The molecule has 0 aliphatic rings. The summed E-state index contributed by atoms with van der Waals surface area (Å²) in [6.45, 7) is 2.20. The van der Waals surface area contributed by atoms with Crippen LogP contribution in [-0.4, -0.2) is 13.0 Å². The molecule has 7 heteroatoms. The van der Waals surface area contributed by atoms with Crippen LogP contribution in [0.2, 0.25) is 0 Å². The molecule has 1 N–H and O–H groups in total. The number of hydrogen-bond donors (Lipinski definition) is 1. The standard InChI is InChI=1S/C21H28O5S.K/c1-2-3-4-5-6-7-8-10-17-13-14-21(27(23,24)25)20(15-17)26-19-12-9-11-18(22)16-19;/h9,11-16,22H,2-8,10H2,1H3,(H,23,24,25);/q;+1/p-1. The van der Waals surface area contributed by atoms with Crippen LogP contribution in [0.15, 0.2) is 47.4 Å². The van der Waals surface area contributed by atoms with Crippen LogP contribution in [0.1, 0.15) is 57.4 Å². The van der Waals surface area contributed by atoms with E-state index in [1.54, 1.807) is 18.2 Å². The Morgan fingerprint density at radius 2 is 1.64 bits per heavy atom. The zero-order valence-corrected chi connectivity index (χ0v) is 20.6. The molecule has 148 valence electrons. The smallest absolute Gasteiger partial charge is 0.872 e. The first-order valence-electron chi connectivity index (χ1n) is 9.45. The fourth-order valence-corrected chi connectivity index (χ4v) is 3.55. The van der Waals surface area contributed by atoms with E-state index in [2.05, 4.69) is 6.92 Å². The van der Waals surface area contributed by atoms with Crippen LogP contribution in [0.5, 0.6) is 17.2 Å². The average Bonchev–Trinajstić information content (AvgIpc) is 2.60. The van der Waals surface area contributed by atoms with Crippen LogP contribution in [0.4, 0.5) is 0 Å². The SMILES string of the molecule is CCCCCCCCCc1ccc(S(=O)(=O)O)c(Oc2cccc([O-])c2)c1.[K+]. The Morgan fingerprint density at radius 1 is 0.964 bits per heavy atom. The van der Waals surface area contributed by atoms with Gasteiger partial charge in [-0.2, -0.15) is 8.42 Å². The van der Waals surface area contributed by atoms with Crippen LogP contribution in [-0.2, 0) is 16.5 Å². The third-order valence-electron chi connectivity index (χ3n) is 4.39. The van der Waals surface area contributed by atoms with Gasteiger partial charge in [0, 0.05) is 0 Å². The maximum Gasteiger partial charge on any atom is 1.00 e. The van der Waals surface area contributed by atoms with Gasteiger partial charge in [0.25, 0.3) is 10.1 Å². The Hall–Kier alpha value is -0.414. The summed E-state index contributed by atoms with van der Waals surface area (Å²) in [5, 5.41) is 11.5. The zero-order valence-electron chi connectivity index (χ0n) is 16.7. The van der Waals surface area contributed by atoms with E-state index >= 15 is 0 Å². The summed E-state index contributed by atoms with van der Waals surface area (Å²) < 4.78 is 38.3. The molecule has 28 heavy (non-hydrogen) atoms. The van der Waals surface area contributed by atoms with Gasteiger partial charge in [0.1, 0.15) is 16.4 Å². The second kappa shape index (κ2) is 13.0. The molecule has 0 radical (unpaired) electrons. The summed E-state index contributed by atoms with van der Waals surface area (Å²) in [6, 6.07) is 10.4.